The zero-order valence-electron chi connectivity index (χ0n) is 28.4. The Morgan fingerprint density at radius 3 is 2.22 bits per heavy atom. The summed E-state index contributed by atoms with van der Waals surface area (Å²) in [5.41, 5.74) is 0.654. The summed E-state index contributed by atoms with van der Waals surface area (Å²) in [5, 5.41) is 15.4. The molecule has 3 fully saturated rings. The number of amides is 5. The van der Waals surface area contributed by atoms with Crippen molar-refractivity contribution >= 4 is 35.3 Å². The number of carbonyl (C=O) groups is 3. The molecular formula is C36H46ClF3N6O4. The molecule has 4 aliphatic heterocycles. The standard InChI is InChI=1S/C36H46ClF3N6O4/c1-43-13-6-24(7-14-43)25-8-15-44(16-9-25)33(48)31(22-23-20-28(36(38,39)40)32(47)29(37)21-23)42-34(49)45-17-11-27(12-18-45)46-19-10-26-4-2-3-5-30(26)41-35(46)50/h2-5,20-21,24-25,27,31,47H,6-19,22H2,1H3,(H,41,50)(H,42,49). The zero-order valence-corrected chi connectivity index (χ0v) is 29.1. The molecule has 272 valence electrons. The van der Waals surface area contributed by atoms with Crippen LogP contribution in [0.25, 0.3) is 0 Å². The predicted octanol–water partition coefficient (Wildman–Crippen LogP) is 5.82. The minimum Gasteiger partial charge on any atom is -0.506 e. The van der Waals surface area contributed by atoms with Gasteiger partial charge in [0.15, 0.2) is 0 Å². The smallest absolute Gasteiger partial charge is 0.420 e. The molecule has 0 radical (unpaired) electrons. The number of piperidine rings is 3. The number of benzene rings is 2. The van der Waals surface area contributed by atoms with Crippen LogP contribution in [-0.4, -0.2) is 108 Å². The quantitative estimate of drug-likeness (QED) is 0.349. The summed E-state index contributed by atoms with van der Waals surface area (Å²) in [4.78, 5) is 48.2. The van der Waals surface area contributed by atoms with Gasteiger partial charge < -0.3 is 35.3 Å². The van der Waals surface area contributed by atoms with Gasteiger partial charge >= 0.3 is 18.2 Å². The van der Waals surface area contributed by atoms with Gasteiger partial charge in [0.25, 0.3) is 0 Å². The van der Waals surface area contributed by atoms with Crippen LogP contribution in [0.15, 0.2) is 36.4 Å². The topological polar surface area (TPSA) is 108 Å². The number of phenols is 1. The van der Waals surface area contributed by atoms with Crippen LogP contribution in [0.1, 0.15) is 55.2 Å². The highest BCUT2D eigenvalue weighted by Crippen LogP contribution is 2.41. The van der Waals surface area contributed by atoms with Crippen molar-refractivity contribution in [2.75, 3.05) is 58.2 Å². The molecule has 14 heteroatoms. The third kappa shape index (κ3) is 8.25. The Hall–Kier alpha value is -3.71. The maximum atomic E-state index is 14.0. The van der Waals surface area contributed by atoms with Crippen LogP contribution in [0.5, 0.6) is 5.75 Å². The highest BCUT2D eigenvalue weighted by molar-refractivity contribution is 6.32. The number of hydrogen-bond donors (Lipinski definition) is 3. The molecule has 50 heavy (non-hydrogen) atoms. The minimum atomic E-state index is -4.86. The third-order valence-corrected chi connectivity index (χ3v) is 11.4. The lowest BCUT2D eigenvalue weighted by Gasteiger charge is -2.41. The van der Waals surface area contributed by atoms with Crippen molar-refractivity contribution in [2.45, 2.75) is 69.6 Å². The Balaban J connectivity index is 1.12. The first-order valence-electron chi connectivity index (χ1n) is 17.6. The lowest BCUT2D eigenvalue weighted by molar-refractivity contribution is -0.138. The Labute approximate surface area is 295 Å². The van der Waals surface area contributed by atoms with Crippen molar-refractivity contribution in [1.82, 2.24) is 24.9 Å². The van der Waals surface area contributed by atoms with Gasteiger partial charge in [0, 0.05) is 50.9 Å². The van der Waals surface area contributed by atoms with E-state index in [9.17, 15) is 32.7 Å². The van der Waals surface area contributed by atoms with Gasteiger partial charge in [-0.05, 0) is 106 Å². The number of likely N-dealkylation sites (tertiary alicyclic amines) is 3. The number of halogens is 4. The summed E-state index contributed by atoms with van der Waals surface area (Å²) in [7, 11) is 2.13. The summed E-state index contributed by atoms with van der Waals surface area (Å²) >= 11 is 6.01. The van der Waals surface area contributed by atoms with Crippen LogP contribution in [0.4, 0.5) is 28.4 Å². The number of nitrogens with zero attached hydrogens (tertiary/aromatic N) is 4. The van der Waals surface area contributed by atoms with Gasteiger partial charge in [-0.2, -0.15) is 13.2 Å². The number of anilines is 1. The Kier molecular flexibility index (Phi) is 11.0. The highest BCUT2D eigenvalue weighted by atomic mass is 35.5. The predicted molar refractivity (Wildman–Crippen MR) is 184 cm³/mol. The molecule has 4 heterocycles. The van der Waals surface area contributed by atoms with Crippen molar-refractivity contribution in [3.8, 4) is 5.75 Å². The number of carbonyl (C=O) groups excluding carboxylic acids is 3. The molecule has 2 aromatic rings. The van der Waals surface area contributed by atoms with E-state index in [1.54, 1.807) is 9.80 Å². The van der Waals surface area contributed by atoms with Crippen molar-refractivity contribution in [1.29, 1.82) is 0 Å². The summed E-state index contributed by atoms with van der Waals surface area (Å²) < 4.78 is 41.2. The van der Waals surface area contributed by atoms with E-state index < -0.39 is 34.6 Å². The second-order valence-corrected chi connectivity index (χ2v) is 14.6. The van der Waals surface area contributed by atoms with E-state index in [1.807, 2.05) is 29.2 Å². The fraction of sp³-hybridized carbons (Fsp3) is 0.583. The molecule has 0 bridgehead atoms. The number of phenolic OH excluding ortho intramolecular Hbond substituents is 1. The fourth-order valence-electron chi connectivity index (χ4n) is 8.10. The SMILES string of the molecule is CN1CCC(C2CCN(C(=O)C(Cc3cc(Cl)c(O)c(C(F)(F)F)c3)NC(=O)N3CCC(N4CCc5ccccc5NC4=O)CC3)CC2)CC1. The number of rotatable bonds is 6. The van der Waals surface area contributed by atoms with Gasteiger partial charge in [-0.1, -0.05) is 29.8 Å². The molecule has 3 saturated heterocycles. The van der Waals surface area contributed by atoms with E-state index in [4.69, 9.17) is 11.6 Å². The Morgan fingerprint density at radius 2 is 1.56 bits per heavy atom. The van der Waals surface area contributed by atoms with Crippen molar-refractivity contribution < 1.29 is 32.7 Å². The molecule has 1 atom stereocenters. The largest absolute Gasteiger partial charge is 0.506 e. The molecule has 0 spiro atoms. The van der Waals surface area contributed by atoms with Gasteiger partial charge in [0.2, 0.25) is 5.91 Å². The van der Waals surface area contributed by atoms with Gasteiger partial charge in [0.1, 0.15) is 11.8 Å². The number of urea groups is 2. The lowest BCUT2D eigenvalue weighted by Crippen LogP contribution is -2.57. The first kappa shape index (κ1) is 36.1. The summed E-state index contributed by atoms with van der Waals surface area (Å²) in [6.45, 7) is 4.39. The fourth-order valence-corrected chi connectivity index (χ4v) is 8.34. The van der Waals surface area contributed by atoms with Gasteiger partial charge in [-0.3, -0.25) is 4.79 Å². The average Bonchev–Trinajstić information content (AvgIpc) is 3.27. The van der Waals surface area contributed by atoms with Crippen LogP contribution in [-0.2, 0) is 23.8 Å². The number of fused-ring (bicyclic) bond motifs is 1. The molecule has 2 aromatic carbocycles. The number of alkyl halides is 3. The third-order valence-electron chi connectivity index (χ3n) is 11.1. The van der Waals surface area contributed by atoms with E-state index >= 15 is 0 Å². The van der Waals surface area contributed by atoms with Gasteiger partial charge in [0.05, 0.1) is 10.6 Å². The summed E-state index contributed by atoms with van der Waals surface area (Å²) in [5.74, 6) is -0.311. The van der Waals surface area contributed by atoms with Crippen LogP contribution < -0.4 is 10.6 Å². The van der Waals surface area contributed by atoms with Crippen LogP contribution in [0.3, 0.4) is 0 Å². The second kappa shape index (κ2) is 15.3. The molecular weight excluding hydrogens is 673 g/mol. The maximum absolute atomic E-state index is 14.0. The van der Waals surface area contributed by atoms with Crippen molar-refractivity contribution in [3.63, 3.8) is 0 Å². The molecule has 0 saturated carbocycles. The van der Waals surface area contributed by atoms with Gasteiger partial charge in [-0.15, -0.1) is 0 Å². The summed E-state index contributed by atoms with van der Waals surface area (Å²) in [6.07, 6.45) is 0.650. The molecule has 0 aromatic heterocycles. The maximum Gasteiger partial charge on any atom is 0.420 e. The molecule has 1 unspecified atom stereocenters. The van der Waals surface area contributed by atoms with E-state index in [0.717, 1.165) is 56.1 Å². The van der Waals surface area contributed by atoms with Crippen molar-refractivity contribution in [2.24, 2.45) is 11.8 Å². The zero-order chi connectivity index (χ0) is 35.6. The average molecular weight is 719 g/mol. The highest BCUT2D eigenvalue weighted by Gasteiger charge is 2.38. The lowest BCUT2D eigenvalue weighted by atomic mass is 9.79. The number of para-hydroxylation sites is 1. The van der Waals surface area contributed by atoms with E-state index in [2.05, 4.69) is 22.6 Å². The monoisotopic (exact) mass is 718 g/mol. The van der Waals surface area contributed by atoms with E-state index in [0.29, 0.717) is 63.8 Å². The first-order valence-corrected chi connectivity index (χ1v) is 18.0. The number of hydrogen-bond acceptors (Lipinski definition) is 5. The van der Waals surface area contributed by atoms with Crippen LogP contribution >= 0.6 is 11.6 Å². The minimum absolute atomic E-state index is 0.0726. The van der Waals surface area contributed by atoms with Gasteiger partial charge in [-0.25, -0.2) is 9.59 Å². The van der Waals surface area contributed by atoms with Crippen LogP contribution in [0.2, 0.25) is 5.02 Å². The molecule has 6 rings (SSSR count). The number of nitrogens with one attached hydrogen (secondary N) is 2. The molecule has 3 N–H and O–H groups in total. The summed E-state index contributed by atoms with van der Waals surface area (Å²) in [6, 6.07) is 7.83. The van der Waals surface area contributed by atoms with Crippen LogP contribution in [0, 0.1) is 11.8 Å². The van der Waals surface area contributed by atoms with E-state index in [1.165, 1.54) is 6.07 Å². The molecule has 5 amide bonds. The number of aromatic hydroxyl groups is 1. The normalized spacial score (nSPS) is 21.0. The molecule has 0 aliphatic carbocycles. The van der Waals surface area contributed by atoms with E-state index in [-0.39, 0.29) is 30.0 Å². The Morgan fingerprint density at radius 1 is 0.940 bits per heavy atom. The first-order chi connectivity index (χ1) is 23.9. The molecule has 10 nitrogen and oxygen atoms in total. The van der Waals surface area contributed by atoms with Crippen molar-refractivity contribution in [3.05, 3.63) is 58.1 Å². The second-order valence-electron chi connectivity index (χ2n) is 14.2. The molecule has 4 aliphatic rings. The Bertz CT molecular complexity index is 1550.